The van der Waals surface area contributed by atoms with Gasteiger partial charge in [-0.3, -0.25) is 0 Å². The van der Waals surface area contributed by atoms with E-state index in [0.29, 0.717) is 5.92 Å². The highest BCUT2D eigenvalue weighted by molar-refractivity contribution is 7.99. The summed E-state index contributed by atoms with van der Waals surface area (Å²) >= 11 is 1.68. The highest BCUT2D eigenvalue weighted by atomic mass is 32.2. The molecule has 1 heterocycles. The van der Waals surface area contributed by atoms with E-state index in [2.05, 4.69) is 21.7 Å². The Hall–Kier alpha value is -0.550. The van der Waals surface area contributed by atoms with Crippen molar-refractivity contribution in [1.82, 2.24) is 14.8 Å². The molecule has 0 saturated heterocycles. The summed E-state index contributed by atoms with van der Waals surface area (Å²) in [4.78, 5) is 0. The molecule has 0 spiro atoms. The minimum Gasteiger partial charge on any atom is -0.389 e. The average Bonchev–Trinajstić information content (AvgIpc) is 3.18. The minimum atomic E-state index is -0.479. The van der Waals surface area contributed by atoms with Gasteiger partial charge in [-0.05, 0) is 32.6 Å². The summed E-state index contributed by atoms with van der Waals surface area (Å²) in [6, 6.07) is 0. The number of rotatable bonds is 5. The molecule has 2 fully saturated rings. The second-order valence-electron chi connectivity index (χ2n) is 5.93. The standard InChI is InChI=1S/C14H23N3OS/c1-2-17-12(11-6-7-11)15-16-13(17)19-10-14(18)8-4-3-5-9-14/h11,18H,2-10H2,1H3. The summed E-state index contributed by atoms with van der Waals surface area (Å²) in [6.07, 6.45) is 7.98. The Kier molecular flexibility index (Phi) is 3.85. The van der Waals surface area contributed by atoms with Crippen LogP contribution in [-0.4, -0.2) is 31.2 Å². The van der Waals surface area contributed by atoms with E-state index < -0.39 is 5.60 Å². The minimum absolute atomic E-state index is 0.479. The fraction of sp³-hybridized carbons (Fsp3) is 0.857. The van der Waals surface area contributed by atoms with E-state index in [1.165, 1.54) is 19.3 Å². The lowest BCUT2D eigenvalue weighted by atomic mass is 9.86. The monoisotopic (exact) mass is 281 g/mol. The van der Waals surface area contributed by atoms with Gasteiger partial charge in [0.25, 0.3) is 0 Å². The molecule has 2 aliphatic carbocycles. The second-order valence-corrected chi connectivity index (χ2v) is 6.88. The van der Waals surface area contributed by atoms with Crippen LogP contribution >= 0.6 is 11.8 Å². The van der Waals surface area contributed by atoms with E-state index >= 15 is 0 Å². The molecule has 0 atom stereocenters. The molecule has 0 unspecified atom stereocenters. The van der Waals surface area contributed by atoms with Crippen LogP contribution in [0.15, 0.2) is 5.16 Å². The van der Waals surface area contributed by atoms with Gasteiger partial charge in [0.2, 0.25) is 0 Å². The summed E-state index contributed by atoms with van der Waals surface area (Å²) < 4.78 is 2.23. The van der Waals surface area contributed by atoms with Crippen molar-refractivity contribution < 1.29 is 5.11 Å². The van der Waals surface area contributed by atoms with Crippen LogP contribution in [0.4, 0.5) is 0 Å². The number of aromatic nitrogens is 3. The Morgan fingerprint density at radius 3 is 2.63 bits per heavy atom. The summed E-state index contributed by atoms with van der Waals surface area (Å²) in [5, 5.41) is 20.2. The Labute approximate surface area is 119 Å². The van der Waals surface area contributed by atoms with Crippen molar-refractivity contribution in [1.29, 1.82) is 0 Å². The van der Waals surface area contributed by atoms with Gasteiger partial charge in [-0.1, -0.05) is 31.0 Å². The molecule has 4 nitrogen and oxygen atoms in total. The third-order valence-corrected chi connectivity index (χ3v) is 5.50. The molecule has 5 heteroatoms. The van der Waals surface area contributed by atoms with Gasteiger partial charge in [0.1, 0.15) is 5.82 Å². The summed E-state index contributed by atoms with van der Waals surface area (Å²) in [5.74, 6) is 2.55. The maximum atomic E-state index is 10.5. The van der Waals surface area contributed by atoms with Gasteiger partial charge in [-0.25, -0.2) is 0 Å². The first-order valence-electron chi connectivity index (χ1n) is 7.50. The molecular formula is C14H23N3OS. The van der Waals surface area contributed by atoms with Crippen LogP contribution in [0.5, 0.6) is 0 Å². The van der Waals surface area contributed by atoms with Gasteiger partial charge in [0.05, 0.1) is 5.60 Å². The number of nitrogens with zero attached hydrogens (tertiary/aromatic N) is 3. The van der Waals surface area contributed by atoms with Crippen LogP contribution in [0.25, 0.3) is 0 Å². The van der Waals surface area contributed by atoms with Gasteiger partial charge >= 0.3 is 0 Å². The molecule has 106 valence electrons. The van der Waals surface area contributed by atoms with Gasteiger partial charge in [-0.2, -0.15) is 0 Å². The first kappa shape index (κ1) is 13.4. The molecular weight excluding hydrogens is 258 g/mol. The lowest BCUT2D eigenvalue weighted by Crippen LogP contribution is -2.34. The largest absolute Gasteiger partial charge is 0.389 e. The third-order valence-electron chi connectivity index (χ3n) is 4.26. The van der Waals surface area contributed by atoms with Crippen molar-refractivity contribution in [2.45, 2.75) is 75.1 Å². The Balaban J connectivity index is 1.66. The highest BCUT2D eigenvalue weighted by Gasteiger charge is 2.32. The molecule has 1 N–H and O–H groups in total. The molecule has 0 bridgehead atoms. The second kappa shape index (κ2) is 5.44. The van der Waals surface area contributed by atoms with Crippen molar-refractivity contribution in [3.8, 4) is 0 Å². The molecule has 3 rings (SSSR count). The van der Waals surface area contributed by atoms with E-state index in [4.69, 9.17) is 0 Å². The van der Waals surface area contributed by atoms with Crippen LogP contribution in [0.2, 0.25) is 0 Å². The number of thioether (sulfide) groups is 1. The zero-order valence-corrected chi connectivity index (χ0v) is 12.5. The topological polar surface area (TPSA) is 50.9 Å². The number of hydrogen-bond acceptors (Lipinski definition) is 4. The van der Waals surface area contributed by atoms with Crippen molar-refractivity contribution in [2.75, 3.05) is 5.75 Å². The van der Waals surface area contributed by atoms with E-state index in [1.807, 2.05) is 0 Å². The molecule has 2 aliphatic rings. The number of aliphatic hydroxyl groups is 1. The molecule has 0 aliphatic heterocycles. The maximum absolute atomic E-state index is 10.5. The van der Waals surface area contributed by atoms with E-state index in [0.717, 1.165) is 49.0 Å². The predicted molar refractivity (Wildman–Crippen MR) is 76.4 cm³/mol. The lowest BCUT2D eigenvalue weighted by Gasteiger charge is -2.31. The van der Waals surface area contributed by atoms with Crippen LogP contribution in [0, 0.1) is 0 Å². The molecule has 0 aromatic carbocycles. The van der Waals surface area contributed by atoms with Gasteiger partial charge in [0, 0.05) is 18.2 Å². The van der Waals surface area contributed by atoms with Crippen LogP contribution in [0.1, 0.15) is 63.6 Å². The quantitative estimate of drug-likeness (QED) is 0.843. The molecule has 1 aromatic heterocycles. The van der Waals surface area contributed by atoms with Crippen LogP contribution in [0.3, 0.4) is 0 Å². The number of hydrogen-bond donors (Lipinski definition) is 1. The molecule has 19 heavy (non-hydrogen) atoms. The van der Waals surface area contributed by atoms with Gasteiger partial charge in [0.15, 0.2) is 5.16 Å². The zero-order chi connectivity index (χ0) is 13.3. The summed E-state index contributed by atoms with van der Waals surface area (Å²) in [7, 11) is 0. The SMILES string of the molecule is CCn1c(SCC2(O)CCCCC2)nnc1C1CC1. The third kappa shape index (κ3) is 2.97. The normalized spacial score (nSPS) is 22.6. The average molecular weight is 281 g/mol. The Bertz CT molecular complexity index is 436. The first-order chi connectivity index (χ1) is 9.22. The smallest absolute Gasteiger partial charge is 0.191 e. The fourth-order valence-corrected chi connectivity index (χ4v) is 4.06. The van der Waals surface area contributed by atoms with Crippen LogP contribution < -0.4 is 0 Å². The summed E-state index contributed by atoms with van der Waals surface area (Å²) in [6.45, 7) is 3.08. The van der Waals surface area contributed by atoms with Crippen molar-refractivity contribution in [2.24, 2.45) is 0 Å². The van der Waals surface area contributed by atoms with E-state index in [1.54, 1.807) is 11.8 Å². The fourth-order valence-electron chi connectivity index (χ4n) is 2.90. The van der Waals surface area contributed by atoms with E-state index in [-0.39, 0.29) is 0 Å². The predicted octanol–water partition coefficient (Wildman–Crippen LogP) is 2.96. The Morgan fingerprint density at radius 1 is 1.26 bits per heavy atom. The van der Waals surface area contributed by atoms with Gasteiger partial charge < -0.3 is 9.67 Å². The van der Waals surface area contributed by atoms with E-state index in [9.17, 15) is 5.11 Å². The van der Waals surface area contributed by atoms with Crippen molar-refractivity contribution in [3.63, 3.8) is 0 Å². The Morgan fingerprint density at radius 2 is 2.00 bits per heavy atom. The highest BCUT2D eigenvalue weighted by Crippen LogP contribution is 2.40. The summed E-state index contributed by atoms with van der Waals surface area (Å²) in [5.41, 5.74) is -0.479. The molecule has 0 radical (unpaired) electrons. The van der Waals surface area contributed by atoms with Crippen LogP contribution in [-0.2, 0) is 6.54 Å². The van der Waals surface area contributed by atoms with Crippen molar-refractivity contribution in [3.05, 3.63) is 5.82 Å². The lowest BCUT2D eigenvalue weighted by molar-refractivity contribution is 0.0272. The zero-order valence-electron chi connectivity index (χ0n) is 11.6. The first-order valence-corrected chi connectivity index (χ1v) is 8.49. The van der Waals surface area contributed by atoms with Crippen molar-refractivity contribution >= 4 is 11.8 Å². The molecule has 2 saturated carbocycles. The van der Waals surface area contributed by atoms with Gasteiger partial charge in [-0.15, -0.1) is 10.2 Å². The molecule has 1 aromatic rings. The maximum Gasteiger partial charge on any atom is 0.191 e. The molecule has 0 amide bonds.